The summed E-state index contributed by atoms with van der Waals surface area (Å²) in [7, 11) is 1.51. The Labute approximate surface area is 129 Å². The van der Waals surface area contributed by atoms with Crippen molar-refractivity contribution in [3.63, 3.8) is 0 Å². The molecule has 0 saturated heterocycles. The molecule has 0 fully saturated rings. The second-order valence-electron chi connectivity index (χ2n) is 4.54. The van der Waals surface area contributed by atoms with Crippen molar-refractivity contribution >= 4 is 23.7 Å². The van der Waals surface area contributed by atoms with Crippen LogP contribution in [-0.2, 0) is 0 Å². The van der Waals surface area contributed by atoms with Crippen molar-refractivity contribution < 1.29 is 14.9 Å². The third-order valence-electron chi connectivity index (χ3n) is 3.12. The molecule has 2 rings (SSSR count). The maximum atomic E-state index is 9.83. The summed E-state index contributed by atoms with van der Waals surface area (Å²) in [6, 6.07) is 12.1. The van der Waals surface area contributed by atoms with E-state index >= 15 is 0 Å². The van der Waals surface area contributed by atoms with Crippen molar-refractivity contribution in [3.05, 3.63) is 59.7 Å². The van der Waals surface area contributed by atoms with Crippen LogP contribution >= 0.6 is 12.2 Å². The van der Waals surface area contributed by atoms with E-state index in [1.807, 2.05) is 30.4 Å². The van der Waals surface area contributed by atoms with E-state index in [-0.39, 0.29) is 17.4 Å². The number of benzene rings is 2. The molecule has 3 nitrogen and oxygen atoms in total. The number of aromatic hydroxyl groups is 2. The highest BCUT2D eigenvalue weighted by atomic mass is 32.1. The van der Waals surface area contributed by atoms with Gasteiger partial charge in [-0.1, -0.05) is 42.6 Å². The molecule has 0 heterocycles. The van der Waals surface area contributed by atoms with Crippen molar-refractivity contribution in [1.29, 1.82) is 0 Å². The highest BCUT2D eigenvalue weighted by Crippen LogP contribution is 2.30. The largest absolute Gasteiger partial charge is 0.508 e. The van der Waals surface area contributed by atoms with Crippen LogP contribution in [0.25, 0.3) is 6.08 Å². The van der Waals surface area contributed by atoms with Crippen LogP contribution in [0.15, 0.2) is 48.5 Å². The van der Waals surface area contributed by atoms with Crippen molar-refractivity contribution in [2.24, 2.45) is 0 Å². The summed E-state index contributed by atoms with van der Waals surface area (Å²) in [5.74, 6) is 0.670. The van der Waals surface area contributed by atoms with E-state index in [1.165, 1.54) is 7.11 Å². The van der Waals surface area contributed by atoms with E-state index in [0.717, 1.165) is 11.1 Å². The van der Waals surface area contributed by atoms with Crippen LogP contribution in [0, 0.1) is 0 Å². The van der Waals surface area contributed by atoms with Gasteiger partial charge in [0.2, 0.25) is 0 Å². The van der Waals surface area contributed by atoms with Crippen molar-refractivity contribution in [2.45, 2.75) is 5.92 Å². The average Bonchev–Trinajstić information content (AvgIpc) is 2.50. The van der Waals surface area contributed by atoms with Gasteiger partial charge in [0, 0.05) is 5.92 Å². The number of ether oxygens (including phenoxy) is 1. The van der Waals surface area contributed by atoms with Gasteiger partial charge in [-0.2, -0.15) is 0 Å². The molecule has 0 bridgehead atoms. The van der Waals surface area contributed by atoms with Gasteiger partial charge in [-0.05, 0) is 40.8 Å². The Hall–Kier alpha value is -2.33. The van der Waals surface area contributed by atoms with E-state index in [9.17, 15) is 10.2 Å². The van der Waals surface area contributed by atoms with E-state index < -0.39 is 0 Å². The summed E-state index contributed by atoms with van der Waals surface area (Å²) >= 11 is 5.07. The Morgan fingerprint density at radius 3 is 2.38 bits per heavy atom. The summed E-state index contributed by atoms with van der Waals surface area (Å²) in [5.41, 5.74) is 1.85. The molecule has 1 atom stereocenters. The fraction of sp³-hybridized carbons (Fsp3) is 0.118. The molecule has 2 N–H and O–H groups in total. The number of hydrogen-bond donors (Lipinski definition) is 2. The summed E-state index contributed by atoms with van der Waals surface area (Å²) in [5, 5.41) is 20.7. The summed E-state index contributed by atoms with van der Waals surface area (Å²) < 4.78 is 5.03. The quantitative estimate of drug-likeness (QED) is 0.822. The predicted molar refractivity (Wildman–Crippen MR) is 88.2 cm³/mol. The third kappa shape index (κ3) is 3.83. The molecule has 0 aliphatic rings. The number of phenols is 2. The van der Waals surface area contributed by atoms with E-state index in [4.69, 9.17) is 17.0 Å². The lowest BCUT2D eigenvalue weighted by atomic mass is 9.99. The van der Waals surface area contributed by atoms with Crippen LogP contribution in [0.4, 0.5) is 0 Å². The molecule has 0 aromatic heterocycles. The van der Waals surface area contributed by atoms with Crippen LogP contribution in [0.5, 0.6) is 17.2 Å². The SMILES string of the molecule is COc1ccc(C(C=S)/C=C\c2ccc(O)cc2)cc1O. The molecule has 21 heavy (non-hydrogen) atoms. The molecule has 0 aliphatic heterocycles. The van der Waals surface area contributed by atoms with Crippen molar-refractivity contribution in [2.75, 3.05) is 7.11 Å². The Morgan fingerprint density at radius 1 is 1.10 bits per heavy atom. The van der Waals surface area contributed by atoms with Gasteiger partial charge in [0.05, 0.1) is 7.11 Å². The molecule has 0 amide bonds. The Bertz CT molecular complexity index is 648. The van der Waals surface area contributed by atoms with E-state index in [0.29, 0.717) is 5.75 Å². The number of hydrogen-bond acceptors (Lipinski definition) is 4. The van der Waals surface area contributed by atoms with Gasteiger partial charge >= 0.3 is 0 Å². The van der Waals surface area contributed by atoms with Crippen molar-refractivity contribution in [3.8, 4) is 17.2 Å². The van der Waals surface area contributed by atoms with Gasteiger partial charge in [0.1, 0.15) is 5.75 Å². The fourth-order valence-corrected chi connectivity index (χ4v) is 2.20. The highest BCUT2D eigenvalue weighted by Gasteiger charge is 2.08. The fourth-order valence-electron chi connectivity index (χ4n) is 1.95. The summed E-state index contributed by atoms with van der Waals surface area (Å²) in [6.07, 6.45) is 3.87. The Kier molecular flexibility index (Phi) is 4.95. The first-order valence-corrected chi connectivity index (χ1v) is 6.90. The van der Waals surface area contributed by atoms with Crippen LogP contribution in [-0.4, -0.2) is 22.7 Å². The van der Waals surface area contributed by atoms with Gasteiger partial charge in [0.25, 0.3) is 0 Å². The zero-order valence-corrected chi connectivity index (χ0v) is 12.4. The summed E-state index contributed by atoms with van der Waals surface area (Å²) in [4.78, 5) is 0. The Balaban J connectivity index is 2.21. The van der Waals surface area contributed by atoms with Crippen LogP contribution in [0.2, 0.25) is 0 Å². The number of allylic oxidation sites excluding steroid dienone is 1. The number of rotatable bonds is 5. The van der Waals surface area contributed by atoms with E-state index in [2.05, 4.69) is 0 Å². The molecular weight excluding hydrogens is 284 g/mol. The van der Waals surface area contributed by atoms with Crippen molar-refractivity contribution in [1.82, 2.24) is 0 Å². The topological polar surface area (TPSA) is 49.7 Å². The first-order chi connectivity index (χ1) is 10.1. The average molecular weight is 300 g/mol. The molecule has 0 saturated carbocycles. The second kappa shape index (κ2) is 6.90. The minimum Gasteiger partial charge on any atom is -0.508 e. The molecule has 0 spiro atoms. The standard InChI is InChI=1S/C17H16O3S/c1-20-17-9-6-13(10-16(17)19)14(11-21)5-2-12-3-7-15(18)8-4-12/h2-11,14,18-19H,1H3/b5-2-. The molecule has 108 valence electrons. The molecule has 2 aromatic rings. The lowest BCUT2D eigenvalue weighted by molar-refractivity contribution is 0.373. The molecule has 0 radical (unpaired) electrons. The van der Waals surface area contributed by atoms with Gasteiger partial charge in [-0.3, -0.25) is 0 Å². The van der Waals surface area contributed by atoms with Gasteiger partial charge in [0.15, 0.2) is 11.5 Å². The van der Waals surface area contributed by atoms with Gasteiger partial charge in [-0.15, -0.1) is 0 Å². The predicted octanol–water partition coefficient (Wildman–Crippen LogP) is 3.90. The number of thiocarbonyl (C=S) groups is 1. The first kappa shape index (κ1) is 15.1. The number of phenolic OH excluding ortho intramolecular Hbond substituents is 2. The molecule has 4 heteroatoms. The lowest BCUT2D eigenvalue weighted by Crippen LogP contribution is -1.95. The number of methoxy groups -OCH3 is 1. The summed E-state index contributed by atoms with van der Waals surface area (Å²) in [6.45, 7) is 0. The normalized spacial score (nSPS) is 12.2. The minimum absolute atomic E-state index is 0.0920. The third-order valence-corrected chi connectivity index (χ3v) is 3.42. The van der Waals surface area contributed by atoms with Crippen LogP contribution in [0.1, 0.15) is 17.0 Å². The monoisotopic (exact) mass is 300 g/mol. The smallest absolute Gasteiger partial charge is 0.160 e. The van der Waals surface area contributed by atoms with Gasteiger partial charge < -0.3 is 14.9 Å². The molecule has 0 aliphatic carbocycles. The first-order valence-electron chi connectivity index (χ1n) is 6.43. The van der Waals surface area contributed by atoms with E-state index in [1.54, 1.807) is 29.6 Å². The maximum absolute atomic E-state index is 9.83. The lowest BCUT2D eigenvalue weighted by Gasteiger charge is -2.10. The highest BCUT2D eigenvalue weighted by molar-refractivity contribution is 7.79. The molecule has 1 unspecified atom stereocenters. The van der Waals surface area contributed by atoms with Crippen LogP contribution in [0.3, 0.4) is 0 Å². The van der Waals surface area contributed by atoms with Crippen LogP contribution < -0.4 is 4.74 Å². The molecular formula is C17H16O3S. The Morgan fingerprint density at radius 2 is 1.81 bits per heavy atom. The maximum Gasteiger partial charge on any atom is 0.160 e. The van der Waals surface area contributed by atoms with Gasteiger partial charge in [-0.25, -0.2) is 0 Å². The second-order valence-corrected chi connectivity index (χ2v) is 4.82. The minimum atomic E-state index is -0.0920. The molecule has 2 aromatic carbocycles. The zero-order chi connectivity index (χ0) is 15.2. The zero-order valence-electron chi connectivity index (χ0n) is 11.6.